The molecule has 0 bridgehead atoms. The third-order valence-corrected chi connectivity index (χ3v) is 3.23. The molecule has 100 valence electrons. The van der Waals surface area contributed by atoms with Crippen LogP contribution in [0, 0.1) is 20.8 Å². The first-order chi connectivity index (χ1) is 9.15. The average molecular weight is 255 g/mol. The second-order valence-corrected chi connectivity index (χ2v) is 4.89. The maximum absolute atomic E-state index is 5.67. The van der Waals surface area contributed by atoms with Crippen molar-refractivity contribution in [3.05, 3.63) is 59.2 Å². The fraction of sp³-hybridized carbons (Fsp3) is 0.294. The Morgan fingerprint density at radius 3 is 2.32 bits per heavy atom. The van der Waals surface area contributed by atoms with Crippen molar-refractivity contribution in [3.63, 3.8) is 0 Å². The molecule has 0 aromatic heterocycles. The number of anilines is 1. The Morgan fingerprint density at radius 1 is 0.895 bits per heavy atom. The van der Waals surface area contributed by atoms with Crippen LogP contribution in [0.5, 0.6) is 5.75 Å². The first kappa shape index (κ1) is 13.5. The van der Waals surface area contributed by atoms with E-state index in [4.69, 9.17) is 4.74 Å². The molecular formula is C17H21NO. The zero-order chi connectivity index (χ0) is 13.7. The summed E-state index contributed by atoms with van der Waals surface area (Å²) in [5.74, 6) is 0.924. The van der Waals surface area contributed by atoms with E-state index >= 15 is 0 Å². The summed E-state index contributed by atoms with van der Waals surface area (Å²) in [6.07, 6.45) is 0. The van der Waals surface area contributed by atoms with Crippen LogP contribution in [-0.4, -0.2) is 13.2 Å². The average Bonchev–Trinajstić information content (AvgIpc) is 2.41. The van der Waals surface area contributed by atoms with E-state index < -0.39 is 0 Å². The smallest absolute Gasteiger partial charge is 0.119 e. The van der Waals surface area contributed by atoms with Crippen LogP contribution in [0.1, 0.15) is 16.7 Å². The number of benzene rings is 2. The number of hydrogen-bond acceptors (Lipinski definition) is 2. The van der Waals surface area contributed by atoms with Crippen molar-refractivity contribution in [3.8, 4) is 5.75 Å². The van der Waals surface area contributed by atoms with Crippen LogP contribution in [0.4, 0.5) is 5.69 Å². The SMILES string of the molecule is Cc1ccc(OCCNc2ccc(C)c(C)c2)cc1. The molecule has 1 N–H and O–H groups in total. The first-order valence-electron chi connectivity index (χ1n) is 6.66. The van der Waals surface area contributed by atoms with Crippen LogP contribution in [0.15, 0.2) is 42.5 Å². The summed E-state index contributed by atoms with van der Waals surface area (Å²) in [4.78, 5) is 0. The lowest BCUT2D eigenvalue weighted by molar-refractivity contribution is 0.333. The van der Waals surface area contributed by atoms with Gasteiger partial charge in [-0.2, -0.15) is 0 Å². The highest BCUT2D eigenvalue weighted by Gasteiger charge is 1.96. The Labute approximate surface area is 115 Å². The molecule has 2 aromatic carbocycles. The summed E-state index contributed by atoms with van der Waals surface area (Å²) in [6, 6.07) is 14.5. The summed E-state index contributed by atoms with van der Waals surface area (Å²) >= 11 is 0. The fourth-order valence-electron chi connectivity index (χ4n) is 1.85. The van der Waals surface area contributed by atoms with Gasteiger partial charge in [-0.3, -0.25) is 0 Å². The van der Waals surface area contributed by atoms with E-state index in [1.165, 1.54) is 16.7 Å². The summed E-state index contributed by atoms with van der Waals surface area (Å²) in [6.45, 7) is 7.79. The van der Waals surface area contributed by atoms with Gasteiger partial charge in [0.25, 0.3) is 0 Å². The normalized spacial score (nSPS) is 10.3. The second-order valence-electron chi connectivity index (χ2n) is 4.89. The van der Waals surface area contributed by atoms with Crippen LogP contribution in [0.25, 0.3) is 0 Å². The number of nitrogens with one attached hydrogen (secondary N) is 1. The molecule has 0 spiro atoms. The zero-order valence-corrected chi connectivity index (χ0v) is 11.9. The van der Waals surface area contributed by atoms with E-state index in [0.717, 1.165) is 18.0 Å². The van der Waals surface area contributed by atoms with Gasteiger partial charge in [-0.1, -0.05) is 23.8 Å². The number of hydrogen-bond donors (Lipinski definition) is 1. The van der Waals surface area contributed by atoms with Crippen molar-refractivity contribution >= 4 is 5.69 Å². The molecule has 2 heteroatoms. The lowest BCUT2D eigenvalue weighted by Crippen LogP contribution is -2.11. The van der Waals surface area contributed by atoms with Crippen LogP contribution in [0.3, 0.4) is 0 Å². The highest BCUT2D eigenvalue weighted by atomic mass is 16.5. The number of aryl methyl sites for hydroxylation is 3. The zero-order valence-electron chi connectivity index (χ0n) is 11.9. The van der Waals surface area contributed by atoms with Crippen LogP contribution in [0.2, 0.25) is 0 Å². The quantitative estimate of drug-likeness (QED) is 0.812. The molecule has 0 unspecified atom stereocenters. The summed E-state index contributed by atoms with van der Waals surface area (Å²) in [7, 11) is 0. The minimum atomic E-state index is 0.663. The van der Waals surface area contributed by atoms with Crippen LogP contribution in [-0.2, 0) is 0 Å². The van der Waals surface area contributed by atoms with Gasteiger partial charge < -0.3 is 10.1 Å². The van der Waals surface area contributed by atoms with Gasteiger partial charge in [0, 0.05) is 12.2 Å². The van der Waals surface area contributed by atoms with Crippen molar-refractivity contribution in [2.24, 2.45) is 0 Å². The molecule has 0 aliphatic heterocycles. The van der Waals surface area contributed by atoms with Crippen molar-refractivity contribution in [1.82, 2.24) is 0 Å². The van der Waals surface area contributed by atoms with Gasteiger partial charge in [0.2, 0.25) is 0 Å². The molecule has 0 radical (unpaired) electrons. The Hall–Kier alpha value is -1.96. The summed E-state index contributed by atoms with van der Waals surface area (Å²) in [5.41, 5.74) is 5.03. The standard InChI is InChI=1S/C17H21NO/c1-13-4-8-17(9-5-13)19-11-10-18-16-7-6-14(2)15(3)12-16/h4-9,12,18H,10-11H2,1-3H3. The van der Waals surface area contributed by atoms with Gasteiger partial charge in [0.15, 0.2) is 0 Å². The third-order valence-electron chi connectivity index (χ3n) is 3.23. The monoisotopic (exact) mass is 255 g/mol. The largest absolute Gasteiger partial charge is 0.492 e. The lowest BCUT2D eigenvalue weighted by Gasteiger charge is -2.10. The van der Waals surface area contributed by atoms with Gasteiger partial charge in [0.1, 0.15) is 12.4 Å². The summed E-state index contributed by atoms with van der Waals surface area (Å²) < 4.78 is 5.67. The molecule has 19 heavy (non-hydrogen) atoms. The molecule has 2 nitrogen and oxygen atoms in total. The van der Waals surface area contributed by atoms with Crippen molar-refractivity contribution < 1.29 is 4.74 Å². The molecule has 0 saturated carbocycles. The molecule has 0 aliphatic carbocycles. The van der Waals surface area contributed by atoms with E-state index in [9.17, 15) is 0 Å². The lowest BCUT2D eigenvalue weighted by atomic mass is 10.1. The molecule has 0 amide bonds. The molecule has 0 heterocycles. The Kier molecular flexibility index (Phi) is 4.45. The highest BCUT2D eigenvalue weighted by Crippen LogP contribution is 2.14. The maximum atomic E-state index is 5.67. The van der Waals surface area contributed by atoms with E-state index in [1.807, 2.05) is 12.1 Å². The molecular weight excluding hydrogens is 234 g/mol. The Balaban J connectivity index is 1.77. The second kappa shape index (κ2) is 6.28. The topological polar surface area (TPSA) is 21.3 Å². The van der Waals surface area contributed by atoms with Gasteiger partial charge in [-0.05, 0) is 56.2 Å². The molecule has 0 saturated heterocycles. The van der Waals surface area contributed by atoms with Crippen LogP contribution >= 0.6 is 0 Å². The molecule has 0 atom stereocenters. The Bertz CT molecular complexity index is 531. The van der Waals surface area contributed by atoms with Crippen molar-refractivity contribution in [2.75, 3.05) is 18.5 Å². The minimum absolute atomic E-state index is 0.663. The van der Waals surface area contributed by atoms with Crippen molar-refractivity contribution in [1.29, 1.82) is 0 Å². The Morgan fingerprint density at radius 2 is 1.63 bits per heavy atom. The third kappa shape index (κ3) is 4.02. The highest BCUT2D eigenvalue weighted by molar-refractivity contribution is 5.48. The van der Waals surface area contributed by atoms with Gasteiger partial charge in [0.05, 0.1) is 0 Å². The van der Waals surface area contributed by atoms with Gasteiger partial charge in [-0.25, -0.2) is 0 Å². The molecule has 0 aliphatic rings. The number of rotatable bonds is 5. The molecule has 2 aromatic rings. The number of ether oxygens (including phenoxy) is 1. The van der Waals surface area contributed by atoms with E-state index in [-0.39, 0.29) is 0 Å². The summed E-state index contributed by atoms with van der Waals surface area (Å²) in [5, 5.41) is 3.37. The predicted molar refractivity (Wildman–Crippen MR) is 81.1 cm³/mol. The maximum Gasteiger partial charge on any atom is 0.119 e. The molecule has 2 rings (SSSR count). The van der Waals surface area contributed by atoms with E-state index in [2.05, 4.69) is 56.4 Å². The van der Waals surface area contributed by atoms with Crippen LogP contribution < -0.4 is 10.1 Å². The van der Waals surface area contributed by atoms with Crippen molar-refractivity contribution in [2.45, 2.75) is 20.8 Å². The van der Waals surface area contributed by atoms with E-state index in [1.54, 1.807) is 0 Å². The van der Waals surface area contributed by atoms with Gasteiger partial charge >= 0.3 is 0 Å². The van der Waals surface area contributed by atoms with Gasteiger partial charge in [-0.15, -0.1) is 0 Å². The van der Waals surface area contributed by atoms with E-state index in [0.29, 0.717) is 6.61 Å². The molecule has 0 fully saturated rings. The fourth-order valence-corrected chi connectivity index (χ4v) is 1.85. The predicted octanol–water partition coefficient (Wildman–Crippen LogP) is 4.10. The minimum Gasteiger partial charge on any atom is -0.492 e. The first-order valence-corrected chi connectivity index (χ1v) is 6.66.